The quantitative estimate of drug-likeness (QED) is 0.827. The Labute approximate surface area is 112 Å². The van der Waals surface area contributed by atoms with Crippen LogP contribution in [0.4, 0.5) is 10.1 Å². The maximum Gasteiger partial charge on any atom is 0.221 e. The van der Waals surface area contributed by atoms with Gasteiger partial charge in [-0.25, -0.2) is 4.39 Å². The number of amides is 1. The molecule has 1 amide bonds. The van der Waals surface area contributed by atoms with Crippen molar-refractivity contribution in [1.29, 1.82) is 0 Å². The number of ether oxygens (including phenoxy) is 1. The van der Waals surface area contributed by atoms with E-state index >= 15 is 0 Å². The average molecular weight is 266 g/mol. The van der Waals surface area contributed by atoms with E-state index in [1.165, 1.54) is 12.1 Å². The summed E-state index contributed by atoms with van der Waals surface area (Å²) in [6.45, 7) is 1.92. The van der Waals surface area contributed by atoms with Crippen LogP contribution in [0.25, 0.3) is 0 Å². The molecular weight excluding hydrogens is 247 g/mol. The predicted molar refractivity (Wildman–Crippen MR) is 71.5 cm³/mol. The molecule has 0 aromatic heterocycles. The Morgan fingerprint density at radius 3 is 2.84 bits per heavy atom. The number of benzene rings is 1. The zero-order valence-corrected chi connectivity index (χ0v) is 10.8. The number of hydrogen-bond donors (Lipinski definition) is 2. The second kappa shape index (κ2) is 7.09. The summed E-state index contributed by atoms with van der Waals surface area (Å²) >= 11 is 0. The predicted octanol–water partition coefficient (Wildman–Crippen LogP) is 1.92. The largest absolute Gasteiger partial charge is 0.385 e. The Morgan fingerprint density at radius 2 is 2.16 bits per heavy atom. The van der Waals surface area contributed by atoms with Crippen LogP contribution in [-0.4, -0.2) is 31.7 Å². The molecule has 1 heterocycles. The van der Waals surface area contributed by atoms with Crippen LogP contribution in [0.2, 0.25) is 0 Å². The zero-order valence-electron chi connectivity index (χ0n) is 10.8. The third-order valence-electron chi connectivity index (χ3n) is 3.08. The maximum atomic E-state index is 12.7. The van der Waals surface area contributed by atoms with Gasteiger partial charge in [-0.2, -0.15) is 0 Å². The summed E-state index contributed by atoms with van der Waals surface area (Å²) < 4.78 is 18.1. The molecule has 1 aromatic carbocycles. The van der Waals surface area contributed by atoms with Crippen LogP contribution >= 0.6 is 0 Å². The Hall–Kier alpha value is -1.62. The molecule has 1 unspecified atom stereocenters. The van der Waals surface area contributed by atoms with Crippen LogP contribution < -0.4 is 10.6 Å². The molecule has 0 aliphatic carbocycles. The summed E-state index contributed by atoms with van der Waals surface area (Å²) in [7, 11) is 0. The van der Waals surface area contributed by atoms with Crippen molar-refractivity contribution in [2.75, 3.05) is 25.0 Å². The molecule has 0 radical (unpaired) electrons. The van der Waals surface area contributed by atoms with Gasteiger partial charge in [0.1, 0.15) is 5.82 Å². The van der Waals surface area contributed by atoms with E-state index in [0.717, 1.165) is 25.1 Å². The molecule has 1 fully saturated rings. The highest BCUT2D eigenvalue weighted by Gasteiger charge is 2.15. The number of hydrogen-bond acceptors (Lipinski definition) is 3. The molecule has 5 heteroatoms. The molecule has 2 rings (SSSR count). The Balaban J connectivity index is 1.59. The molecule has 1 aliphatic rings. The van der Waals surface area contributed by atoms with Crippen molar-refractivity contribution in [2.24, 2.45) is 0 Å². The molecule has 1 aromatic rings. The minimum atomic E-state index is -0.264. The van der Waals surface area contributed by atoms with E-state index in [0.29, 0.717) is 19.5 Å². The third kappa shape index (κ3) is 4.87. The highest BCUT2D eigenvalue weighted by Crippen LogP contribution is 2.10. The van der Waals surface area contributed by atoms with Gasteiger partial charge in [-0.15, -0.1) is 0 Å². The van der Waals surface area contributed by atoms with Gasteiger partial charge in [0.15, 0.2) is 0 Å². The van der Waals surface area contributed by atoms with Gasteiger partial charge < -0.3 is 15.4 Å². The smallest absolute Gasteiger partial charge is 0.221 e. The number of carbonyl (C=O) groups is 1. The molecule has 2 N–H and O–H groups in total. The van der Waals surface area contributed by atoms with Crippen molar-refractivity contribution in [1.82, 2.24) is 5.32 Å². The first kappa shape index (κ1) is 13.8. The number of anilines is 1. The molecule has 0 spiro atoms. The second-order valence-corrected chi connectivity index (χ2v) is 4.62. The highest BCUT2D eigenvalue weighted by molar-refractivity contribution is 5.76. The van der Waals surface area contributed by atoms with E-state index in [1.54, 1.807) is 12.1 Å². The third-order valence-corrected chi connectivity index (χ3v) is 3.08. The van der Waals surface area contributed by atoms with Crippen LogP contribution in [0.15, 0.2) is 24.3 Å². The second-order valence-electron chi connectivity index (χ2n) is 4.62. The van der Waals surface area contributed by atoms with Crippen molar-refractivity contribution >= 4 is 11.6 Å². The van der Waals surface area contributed by atoms with Crippen molar-refractivity contribution in [3.05, 3.63) is 30.1 Å². The van der Waals surface area contributed by atoms with Gasteiger partial charge in [0, 0.05) is 31.8 Å². The van der Waals surface area contributed by atoms with Crippen LogP contribution in [-0.2, 0) is 9.53 Å². The lowest BCUT2D eigenvalue weighted by Gasteiger charge is -2.11. The lowest BCUT2D eigenvalue weighted by atomic mass is 10.2. The zero-order chi connectivity index (χ0) is 13.5. The van der Waals surface area contributed by atoms with Crippen molar-refractivity contribution in [2.45, 2.75) is 25.4 Å². The van der Waals surface area contributed by atoms with Crippen molar-refractivity contribution in [3.8, 4) is 0 Å². The minimum absolute atomic E-state index is 0.00473. The monoisotopic (exact) mass is 266 g/mol. The normalized spacial score (nSPS) is 18.3. The minimum Gasteiger partial charge on any atom is -0.385 e. The standard InChI is InChI=1S/C14H19FN2O2/c15-11-3-5-12(6-4-11)16-8-7-14(18)17-10-13-2-1-9-19-13/h3-6,13,16H,1-2,7-10H2,(H,17,18). The van der Waals surface area contributed by atoms with E-state index < -0.39 is 0 Å². The molecular formula is C14H19FN2O2. The van der Waals surface area contributed by atoms with Gasteiger partial charge in [0.2, 0.25) is 5.91 Å². The lowest BCUT2D eigenvalue weighted by Crippen LogP contribution is -2.32. The van der Waals surface area contributed by atoms with Crippen LogP contribution in [0.3, 0.4) is 0 Å². The fraction of sp³-hybridized carbons (Fsp3) is 0.500. The van der Waals surface area contributed by atoms with E-state index in [4.69, 9.17) is 4.74 Å². The van der Waals surface area contributed by atoms with Gasteiger partial charge in [-0.3, -0.25) is 4.79 Å². The van der Waals surface area contributed by atoms with Crippen molar-refractivity contribution in [3.63, 3.8) is 0 Å². The summed E-state index contributed by atoms with van der Waals surface area (Å²) in [5.41, 5.74) is 0.813. The highest BCUT2D eigenvalue weighted by atomic mass is 19.1. The molecule has 19 heavy (non-hydrogen) atoms. The summed E-state index contributed by atoms with van der Waals surface area (Å²) in [5, 5.41) is 5.93. The Morgan fingerprint density at radius 1 is 1.37 bits per heavy atom. The van der Waals surface area contributed by atoms with Gasteiger partial charge >= 0.3 is 0 Å². The topological polar surface area (TPSA) is 50.4 Å². The van der Waals surface area contributed by atoms with Gasteiger partial charge in [-0.1, -0.05) is 0 Å². The Kier molecular flexibility index (Phi) is 5.15. The number of rotatable bonds is 6. The average Bonchev–Trinajstić information content (AvgIpc) is 2.92. The summed E-state index contributed by atoms with van der Waals surface area (Å²) in [4.78, 5) is 11.6. The van der Waals surface area contributed by atoms with Gasteiger partial charge in [0.25, 0.3) is 0 Å². The molecule has 1 aliphatic heterocycles. The molecule has 104 valence electrons. The Bertz CT molecular complexity index is 402. The molecule has 0 bridgehead atoms. The first-order valence-electron chi connectivity index (χ1n) is 6.62. The van der Waals surface area contributed by atoms with E-state index in [9.17, 15) is 9.18 Å². The van der Waals surface area contributed by atoms with E-state index in [2.05, 4.69) is 10.6 Å². The maximum absolute atomic E-state index is 12.7. The van der Waals surface area contributed by atoms with Crippen LogP contribution in [0, 0.1) is 5.82 Å². The number of halogens is 1. The fourth-order valence-corrected chi connectivity index (χ4v) is 2.01. The van der Waals surface area contributed by atoms with Crippen LogP contribution in [0.5, 0.6) is 0 Å². The summed E-state index contributed by atoms with van der Waals surface area (Å²) in [6.07, 6.45) is 2.67. The molecule has 1 saturated heterocycles. The molecule has 4 nitrogen and oxygen atoms in total. The first-order valence-corrected chi connectivity index (χ1v) is 6.62. The van der Waals surface area contributed by atoms with Crippen LogP contribution in [0.1, 0.15) is 19.3 Å². The number of carbonyl (C=O) groups excluding carboxylic acids is 1. The molecule has 0 saturated carbocycles. The number of nitrogens with one attached hydrogen (secondary N) is 2. The van der Waals surface area contributed by atoms with Gasteiger partial charge in [0.05, 0.1) is 6.10 Å². The SMILES string of the molecule is O=C(CCNc1ccc(F)cc1)NCC1CCCO1. The summed E-state index contributed by atoms with van der Waals surface area (Å²) in [5.74, 6) is -0.259. The van der Waals surface area contributed by atoms with Crippen molar-refractivity contribution < 1.29 is 13.9 Å². The first-order chi connectivity index (χ1) is 9.24. The lowest BCUT2D eigenvalue weighted by molar-refractivity contribution is -0.121. The van der Waals surface area contributed by atoms with E-state index in [-0.39, 0.29) is 17.8 Å². The van der Waals surface area contributed by atoms with Gasteiger partial charge in [-0.05, 0) is 37.1 Å². The molecule has 1 atom stereocenters. The van der Waals surface area contributed by atoms with E-state index in [1.807, 2.05) is 0 Å². The fourth-order valence-electron chi connectivity index (χ4n) is 2.01. The summed E-state index contributed by atoms with van der Waals surface area (Å²) in [6, 6.07) is 6.08.